The molecule has 0 bridgehead atoms. The molecule has 8 heavy (non-hydrogen) atoms. The maximum Gasteiger partial charge on any atom is 0.0384 e. The van der Waals surface area contributed by atoms with E-state index in [0.717, 1.165) is 0 Å². The van der Waals surface area contributed by atoms with Gasteiger partial charge in [0.25, 0.3) is 0 Å². The standard InChI is InChI=1S/C7H12Si/c1-2-6-4-3-5-7(6)8/h4-5H,2-3H2,1,8H3. The normalized spacial score (nSPS) is 18.6. The first-order valence-electron chi connectivity index (χ1n) is 3.20. The second kappa shape index (κ2) is 2.31. The van der Waals surface area contributed by atoms with Crippen LogP contribution in [0.1, 0.15) is 19.8 Å². The van der Waals surface area contributed by atoms with Gasteiger partial charge < -0.3 is 0 Å². The second-order valence-corrected chi connectivity index (χ2v) is 3.28. The van der Waals surface area contributed by atoms with Crippen LogP contribution >= 0.6 is 0 Å². The summed E-state index contributed by atoms with van der Waals surface area (Å²) in [6.07, 6.45) is 7.10. The van der Waals surface area contributed by atoms with Gasteiger partial charge in [-0.05, 0) is 12.8 Å². The van der Waals surface area contributed by atoms with E-state index in [2.05, 4.69) is 19.1 Å². The molecule has 0 fully saturated rings. The molecule has 0 saturated carbocycles. The van der Waals surface area contributed by atoms with Gasteiger partial charge in [0.1, 0.15) is 0 Å². The summed E-state index contributed by atoms with van der Waals surface area (Å²) in [6.45, 7) is 2.23. The Labute approximate surface area is 53.7 Å². The van der Waals surface area contributed by atoms with Crippen LogP contribution in [0.15, 0.2) is 22.9 Å². The molecular weight excluding hydrogens is 112 g/mol. The molecule has 0 atom stereocenters. The van der Waals surface area contributed by atoms with Crippen LogP contribution < -0.4 is 0 Å². The third kappa shape index (κ3) is 0.919. The van der Waals surface area contributed by atoms with E-state index in [-0.39, 0.29) is 0 Å². The quantitative estimate of drug-likeness (QED) is 0.457. The van der Waals surface area contributed by atoms with Crippen LogP contribution in [-0.2, 0) is 0 Å². The van der Waals surface area contributed by atoms with Crippen LogP contribution in [0.3, 0.4) is 0 Å². The summed E-state index contributed by atoms with van der Waals surface area (Å²) in [5.41, 5.74) is 1.59. The summed E-state index contributed by atoms with van der Waals surface area (Å²) >= 11 is 0. The molecule has 0 unspecified atom stereocenters. The molecule has 0 radical (unpaired) electrons. The third-order valence-electron chi connectivity index (χ3n) is 1.68. The van der Waals surface area contributed by atoms with Crippen LogP contribution in [-0.4, -0.2) is 10.2 Å². The lowest BCUT2D eigenvalue weighted by Gasteiger charge is -1.95. The van der Waals surface area contributed by atoms with Crippen LogP contribution in [0.2, 0.25) is 0 Å². The molecule has 44 valence electrons. The molecule has 0 aromatic heterocycles. The van der Waals surface area contributed by atoms with Gasteiger partial charge in [-0.25, -0.2) is 0 Å². The molecule has 0 N–H and O–H groups in total. The summed E-state index contributed by atoms with van der Waals surface area (Å²) in [4.78, 5) is 0. The fourth-order valence-corrected chi connectivity index (χ4v) is 1.89. The van der Waals surface area contributed by atoms with Crippen molar-refractivity contribution in [3.05, 3.63) is 22.9 Å². The average Bonchev–Trinajstić information content (AvgIpc) is 2.14. The Morgan fingerprint density at radius 1 is 1.62 bits per heavy atom. The topological polar surface area (TPSA) is 0 Å². The molecule has 1 rings (SSSR count). The summed E-state index contributed by atoms with van der Waals surface area (Å²) < 4.78 is 0. The van der Waals surface area contributed by atoms with Gasteiger partial charge in [0.15, 0.2) is 0 Å². The van der Waals surface area contributed by atoms with Gasteiger partial charge in [0.2, 0.25) is 0 Å². The predicted molar refractivity (Wildman–Crippen MR) is 41.0 cm³/mol. The minimum atomic E-state index is 1.20. The lowest BCUT2D eigenvalue weighted by atomic mass is 10.2. The molecule has 1 aliphatic rings. The Morgan fingerprint density at radius 2 is 2.38 bits per heavy atom. The molecule has 1 aliphatic carbocycles. The Morgan fingerprint density at radius 3 is 2.62 bits per heavy atom. The molecule has 0 saturated heterocycles. The Hall–Kier alpha value is -0.303. The molecule has 0 spiro atoms. The van der Waals surface area contributed by atoms with Crippen molar-refractivity contribution in [2.24, 2.45) is 0 Å². The SMILES string of the molecule is CCC1=CCC=C1[SiH3]. The fourth-order valence-electron chi connectivity index (χ4n) is 1.09. The van der Waals surface area contributed by atoms with Gasteiger partial charge in [-0.1, -0.05) is 29.8 Å². The van der Waals surface area contributed by atoms with Gasteiger partial charge in [-0.3, -0.25) is 0 Å². The maximum atomic E-state index is 2.34. The van der Waals surface area contributed by atoms with Crippen LogP contribution in [0.25, 0.3) is 0 Å². The summed E-state index contributed by atoms with van der Waals surface area (Å²) in [7, 11) is 1.24. The van der Waals surface area contributed by atoms with Gasteiger partial charge >= 0.3 is 0 Å². The van der Waals surface area contributed by atoms with E-state index in [1.165, 1.54) is 23.1 Å². The highest BCUT2D eigenvalue weighted by Gasteiger charge is 1.99. The highest BCUT2D eigenvalue weighted by Crippen LogP contribution is 2.17. The van der Waals surface area contributed by atoms with Crippen molar-refractivity contribution in [1.29, 1.82) is 0 Å². The largest absolute Gasteiger partial charge is 0.0822 e. The minimum absolute atomic E-state index is 1.20. The Bertz CT molecular complexity index is 142. The number of allylic oxidation sites excluding steroid dienone is 4. The first-order chi connectivity index (χ1) is 3.84. The van der Waals surface area contributed by atoms with Crippen molar-refractivity contribution in [3.63, 3.8) is 0 Å². The Kier molecular flexibility index (Phi) is 1.68. The van der Waals surface area contributed by atoms with E-state index in [1.807, 2.05) is 0 Å². The number of rotatable bonds is 1. The number of hydrogen-bond donors (Lipinski definition) is 0. The van der Waals surface area contributed by atoms with Crippen LogP contribution in [0, 0.1) is 0 Å². The van der Waals surface area contributed by atoms with Crippen molar-refractivity contribution < 1.29 is 0 Å². The van der Waals surface area contributed by atoms with E-state index >= 15 is 0 Å². The van der Waals surface area contributed by atoms with Gasteiger partial charge in [0, 0.05) is 10.2 Å². The summed E-state index contributed by atoms with van der Waals surface area (Å²) in [5.74, 6) is 0. The van der Waals surface area contributed by atoms with E-state index < -0.39 is 0 Å². The predicted octanol–water partition coefficient (Wildman–Crippen LogP) is 0.976. The molecule has 0 aromatic rings. The van der Waals surface area contributed by atoms with E-state index in [4.69, 9.17) is 0 Å². The van der Waals surface area contributed by atoms with Crippen molar-refractivity contribution in [1.82, 2.24) is 0 Å². The fraction of sp³-hybridized carbons (Fsp3) is 0.429. The van der Waals surface area contributed by atoms with Crippen molar-refractivity contribution in [3.8, 4) is 0 Å². The lowest BCUT2D eigenvalue weighted by Crippen LogP contribution is -1.80. The summed E-state index contributed by atoms with van der Waals surface area (Å²) in [5, 5.41) is 1.62. The van der Waals surface area contributed by atoms with Gasteiger partial charge in [0.05, 0.1) is 0 Å². The maximum absolute atomic E-state index is 2.34. The van der Waals surface area contributed by atoms with Crippen LogP contribution in [0.4, 0.5) is 0 Å². The second-order valence-electron chi connectivity index (χ2n) is 2.21. The average molecular weight is 124 g/mol. The molecule has 0 nitrogen and oxygen atoms in total. The van der Waals surface area contributed by atoms with Gasteiger partial charge in [-0.2, -0.15) is 0 Å². The van der Waals surface area contributed by atoms with E-state index in [9.17, 15) is 0 Å². The van der Waals surface area contributed by atoms with Crippen LogP contribution in [0.5, 0.6) is 0 Å². The molecular formula is C7H12Si. The van der Waals surface area contributed by atoms with Crippen molar-refractivity contribution in [2.75, 3.05) is 0 Å². The molecule has 0 aliphatic heterocycles. The molecule has 0 aromatic carbocycles. The zero-order valence-corrected chi connectivity index (χ0v) is 7.57. The number of hydrogen-bond acceptors (Lipinski definition) is 0. The highest BCUT2D eigenvalue weighted by molar-refractivity contribution is 6.24. The van der Waals surface area contributed by atoms with Crippen molar-refractivity contribution >= 4 is 10.2 Å². The first kappa shape index (κ1) is 5.83. The van der Waals surface area contributed by atoms with Gasteiger partial charge in [-0.15, -0.1) is 0 Å². The Balaban J connectivity index is 2.66. The van der Waals surface area contributed by atoms with Crippen molar-refractivity contribution in [2.45, 2.75) is 19.8 Å². The molecule has 0 amide bonds. The lowest BCUT2D eigenvalue weighted by molar-refractivity contribution is 1.14. The molecule has 0 heterocycles. The third-order valence-corrected chi connectivity index (χ3v) is 2.73. The zero-order chi connectivity index (χ0) is 5.98. The monoisotopic (exact) mass is 124 g/mol. The first-order valence-corrected chi connectivity index (χ1v) is 4.20. The smallest absolute Gasteiger partial charge is 0.0384 e. The van der Waals surface area contributed by atoms with E-state index in [0.29, 0.717) is 0 Å². The minimum Gasteiger partial charge on any atom is -0.0822 e. The summed E-state index contributed by atoms with van der Waals surface area (Å²) in [6, 6.07) is 0. The zero-order valence-electron chi connectivity index (χ0n) is 5.57. The molecule has 1 heteroatoms. The highest BCUT2D eigenvalue weighted by atomic mass is 28.1. The van der Waals surface area contributed by atoms with E-state index in [1.54, 1.807) is 10.8 Å².